The summed E-state index contributed by atoms with van der Waals surface area (Å²) in [7, 11) is 1.86. The van der Waals surface area contributed by atoms with Gasteiger partial charge in [-0.05, 0) is 24.3 Å². The molecule has 5 rings (SSSR count). The molecule has 0 spiro atoms. The van der Waals surface area contributed by atoms with Crippen LogP contribution in [0.15, 0.2) is 55.1 Å². The summed E-state index contributed by atoms with van der Waals surface area (Å²) in [5, 5.41) is 11.6. The Balaban J connectivity index is 1.32. The molecule has 0 saturated carbocycles. The van der Waals surface area contributed by atoms with E-state index >= 15 is 0 Å². The van der Waals surface area contributed by atoms with E-state index < -0.39 is 0 Å². The summed E-state index contributed by atoms with van der Waals surface area (Å²) in [6, 6.07) is 11.2. The molecular weight excluding hydrogens is 382 g/mol. The molecule has 1 fully saturated rings. The SMILES string of the molecule is Cn1ccc(Nc2ncnc3ccc(Oc4ccc(OCC5CNC5)cn4)cc23)n1. The number of nitrogens with one attached hydrogen (secondary N) is 2. The highest BCUT2D eigenvalue weighted by atomic mass is 16.5. The molecular formula is C21H21N7O2. The van der Waals surface area contributed by atoms with Crippen LogP contribution in [0.2, 0.25) is 0 Å². The van der Waals surface area contributed by atoms with Crippen molar-refractivity contribution in [3.63, 3.8) is 0 Å². The van der Waals surface area contributed by atoms with E-state index in [4.69, 9.17) is 9.47 Å². The predicted molar refractivity (Wildman–Crippen MR) is 112 cm³/mol. The van der Waals surface area contributed by atoms with Crippen LogP contribution < -0.4 is 20.1 Å². The molecule has 0 unspecified atom stereocenters. The molecule has 0 aliphatic carbocycles. The summed E-state index contributed by atoms with van der Waals surface area (Å²) in [5.41, 5.74) is 0.804. The summed E-state index contributed by atoms with van der Waals surface area (Å²) < 4.78 is 13.4. The van der Waals surface area contributed by atoms with Crippen LogP contribution in [-0.2, 0) is 7.05 Å². The number of hydrogen-bond donors (Lipinski definition) is 2. The lowest BCUT2D eigenvalue weighted by Crippen LogP contribution is -2.45. The standard InChI is InChI=1S/C21H21N7O2/c1-28-7-6-19(27-28)26-21-17-8-15(2-4-18(17)24-13-25-21)30-20-5-3-16(11-23-20)29-12-14-9-22-10-14/h2-8,11,13-14,22H,9-10,12H2,1H3,(H,24,25,26,27). The van der Waals surface area contributed by atoms with E-state index in [1.165, 1.54) is 6.33 Å². The lowest BCUT2D eigenvalue weighted by atomic mass is 10.1. The lowest BCUT2D eigenvalue weighted by molar-refractivity contribution is 0.198. The summed E-state index contributed by atoms with van der Waals surface area (Å²) in [5.74, 6) is 3.81. The minimum absolute atomic E-state index is 0.489. The number of nitrogens with zero attached hydrogens (tertiary/aromatic N) is 5. The van der Waals surface area contributed by atoms with Gasteiger partial charge in [0.1, 0.15) is 23.6 Å². The van der Waals surface area contributed by atoms with Gasteiger partial charge in [0.2, 0.25) is 5.88 Å². The smallest absolute Gasteiger partial charge is 0.219 e. The second-order valence-corrected chi connectivity index (χ2v) is 7.17. The first-order valence-corrected chi connectivity index (χ1v) is 9.72. The van der Waals surface area contributed by atoms with Crippen LogP contribution in [0.3, 0.4) is 0 Å². The average Bonchev–Trinajstić information content (AvgIpc) is 3.13. The highest BCUT2D eigenvalue weighted by Gasteiger charge is 2.17. The molecule has 4 heterocycles. The Morgan fingerprint density at radius 2 is 2.00 bits per heavy atom. The van der Waals surface area contributed by atoms with Crippen molar-refractivity contribution in [1.82, 2.24) is 30.0 Å². The largest absolute Gasteiger partial charge is 0.492 e. The van der Waals surface area contributed by atoms with E-state index in [2.05, 4.69) is 30.7 Å². The summed E-state index contributed by atoms with van der Waals surface area (Å²) in [6.45, 7) is 2.72. The fourth-order valence-corrected chi connectivity index (χ4v) is 3.12. The highest BCUT2D eigenvalue weighted by Crippen LogP contribution is 2.29. The zero-order valence-electron chi connectivity index (χ0n) is 16.4. The molecule has 1 aliphatic rings. The summed E-state index contributed by atoms with van der Waals surface area (Å²) in [6.07, 6.45) is 5.07. The van der Waals surface area contributed by atoms with Crippen LogP contribution in [0.5, 0.6) is 17.4 Å². The highest BCUT2D eigenvalue weighted by molar-refractivity contribution is 5.91. The number of ether oxygens (including phenoxy) is 2. The predicted octanol–water partition coefficient (Wildman–Crippen LogP) is 2.89. The van der Waals surface area contributed by atoms with Crippen molar-refractivity contribution >= 4 is 22.5 Å². The molecule has 0 atom stereocenters. The molecule has 0 bridgehead atoms. The minimum Gasteiger partial charge on any atom is -0.492 e. The van der Waals surface area contributed by atoms with Crippen molar-refractivity contribution in [3.05, 3.63) is 55.1 Å². The average molecular weight is 403 g/mol. The molecule has 1 saturated heterocycles. The minimum atomic E-state index is 0.489. The van der Waals surface area contributed by atoms with Gasteiger partial charge in [0.25, 0.3) is 0 Å². The molecule has 9 heteroatoms. The van der Waals surface area contributed by atoms with Crippen molar-refractivity contribution in [2.45, 2.75) is 0 Å². The molecule has 152 valence electrons. The first-order valence-electron chi connectivity index (χ1n) is 9.72. The number of benzene rings is 1. The maximum Gasteiger partial charge on any atom is 0.219 e. The monoisotopic (exact) mass is 403 g/mol. The van der Waals surface area contributed by atoms with Crippen LogP contribution in [0.25, 0.3) is 10.9 Å². The number of hydrogen-bond acceptors (Lipinski definition) is 8. The van der Waals surface area contributed by atoms with E-state index in [1.807, 2.05) is 43.6 Å². The number of pyridine rings is 1. The topological polar surface area (TPSA) is 99.0 Å². The zero-order valence-corrected chi connectivity index (χ0v) is 16.4. The first-order chi connectivity index (χ1) is 14.7. The Kier molecular flexibility index (Phi) is 4.86. The zero-order chi connectivity index (χ0) is 20.3. The third-order valence-corrected chi connectivity index (χ3v) is 4.85. The van der Waals surface area contributed by atoms with Crippen LogP contribution in [-0.4, -0.2) is 44.4 Å². The van der Waals surface area contributed by atoms with Gasteiger partial charge < -0.3 is 20.1 Å². The maximum atomic E-state index is 5.93. The van der Waals surface area contributed by atoms with Gasteiger partial charge in [-0.3, -0.25) is 4.68 Å². The second-order valence-electron chi connectivity index (χ2n) is 7.17. The number of aryl methyl sites for hydroxylation is 1. The molecule has 0 amide bonds. The lowest BCUT2D eigenvalue weighted by Gasteiger charge is -2.26. The molecule has 2 N–H and O–H groups in total. The van der Waals surface area contributed by atoms with Gasteiger partial charge >= 0.3 is 0 Å². The van der Waals surface area contributed by atoms with E-state index in [0.29, 0.717) is 35.8 Å². The van der Waals surface area contributed by atoms with Crippen molar-refractivity contribution in [2.75, 3.05) is 25.0 Å². The Morgan fingerprint density at radius 3 is 2.73 bits per heavy atom. The Morgan fingerprint density at radius 1 is 1.10 bits per heavy atom. The van der Waals surface area contributed by atoms with Gasteiger partial charge in [-0.25, -0.2) is 15.0 Å². The second kappa shape index (κ2) is 7.96. The summed E-state index contributed by atoms with van der Waals surface area (Å²) in [4.78, 5) is 13.0. The Labute approximate surface area is 173 Å². The molecule has 0 radical (unpaired) electrons. The third-order valence-electron chi connectivity index (χ3n) is 4.85. The molecule has 9 nitrogen and oxygen atoms in total. The van der Waals surface area contributed by atoms with Gasteiger partial charge in [0.15, 0.2) is 5.82 Å². The molecule has 30 heavy (non-hydrogen) atoms. The van der Waals surface area contributed by atoms with Crippen molar-refractivity contribution < 1.29 is 9.47 Å². The molecule has 4 aromatic rings. The third kappa shape index (κ3) is 4.01. The molecule has 3 aromatic heterocycles. The van der Waals surface area contributed by atoms with Crippen LogP contribution in [0.1, 0.15) is 0 Å². The summed E-state index contributed by atoms with van der Waals surface area (Å²) >= 11 is 0. The number of fused-ring (bicyclic) bond motifs is 1. The van der Waals surface area contributed by atoms with Gasteiger partial charge in [-0.2, -0.15) is 5.10 Å². The quantitative estimate of drug-likeness (QED) is 0.486. The first kappa shape index (κ1) is 18.3. The van der Waals surface area contributed by atoms with Gasteiger partial charge in [0.05, 0.1) is 18.3 Å². The fraction of sp³-hybridized carbons (Fsp3) is 0.238. The van der Waals surface area contributed by atoms with Crippen molar-refractivity contribution in [1.29, 1.82) is 0 Å². The van der Waals surface area contributed by atoms with Crippen LogP contribution in [0.4, 0.5) is 11.6 Å². The normalized spacial score (nSPS) is 13.8. The van der Waals surface area contributed by atoms with Crippen molar-refractivity contribution in [2.24, 2.45) is 13.0 Å². The fourth-order valence-electron chi connectivity index (χ4n) is 3.12. The Bertz CT molecular complexity index is 1160. The van der Waals surface area contributed by atoms with Crippen LogP contribution in [0, 0.1) is 5.92 Å². The van der Waals surface area contributed by atoms with E-state index in [0.717, 1.165) is 29.7 Å². The Hall–Kier alpha value is -3.72. The van der Waals surface area contributed by atoms with Gasteiger partial charge in [-0.15, -0.1) is 0 Å². The van der Waals surface area contributed by atoms with Crippen molar-refractivity contribution in [3.8, 4) is 17.4 Å². The molecule has 1 aliphatic heterocycles. The van der Waals surface area contributed by atoms with Gasteiger partial charge in [0, 0.05) is 49.8 Å². The van der Waals surface area contributed by atoms with E-state index in [1.54, 1.807) is 16.9 Å². The number of rotatable bonds is 7. The number of aromatic nitrogens is 5. The molecule has 1 aromatic carbocycles. The van der Waals surface area contributed by atoms with E-state index in [-0.39, 0.29) is 0 Å². The maximum absolute atomic E-state index is 5.93. The van der Waals surface area contributed by atoms with E-state index in [9.17, 15) is 0 Å². The van der Waals surface area contributed by atoms with Crippen LogP contribution >= 0.6 is 0 Å². The van der Waals surface area contributed by atoms with Gasteiger partial charge in [-0.1, -0.05) is 0 Å². The number of anilines is 2.